The lowest BCUT2D eigenvalue weighted by atomic mass is 9.79. The molecule has 4 nitrogen and oxygen atoms in total. The van der Waals surface area contributed by atoms with E-state index in [1.807, 2.05) is 49.4 Å². The molecular formula is C21H25NO3. The molecule has 0 aromatic heterocycles. The summed E-state index contributed by atoms with van der Waals surface area (Å²) in [4.78, 5) is 24.4. The van der Waals surface area contributed by atoms with Crippen LogP contribution in [0.5, 0.6) is 0 Å². The molecule has 2 N–H and O–H groups in total. The van der Waals surface area contributed by atoms with E-state index in [9.17, 15) is 14.7 Å². The number of fused-ring (bicyclic) bond motifs is 1. The Bertz CT molecular complexity index is 759. The molecule has 0 saturated heterocycles. The van der Waals surface area contributed by atoms with Crippen molar-refractivity contribution in [3.8, 4) is 0 Å². The average Bonchev–Trinajstić information content (AvgIpc) is 2.62. The lowest BCUT2D eigenvalue weighted by Crippen LogP contribution is -2.41. The number of carboxylic acids is 1. The first kappa shape index (κ1) is 17.5. The topological polar surface area (TPSA) is 66.4 Å². The van der Waals surface area contributed by atoms with Crippen LogP contribution in [0, 0.1) is 11.8 Å². The van der Waals surface area contributed by atoms with Gasteiger partial charge in [-0.3, -0.25) is 9.59 Å². The molecule has 2 aromatic rings. The van der Waals surface area contributed by atoms with Crippen molar-refractivity contribution in [2.24, 2.45) is 11.8 Å². The minimum atomic E-state index is -1.01. The number of carbonyl (C=O) groups excluding carboxylic acids is 1. The first-order valence-electron chi connectivity index (χ1n) is 9.09. The van der Waals surface area contributed by atoms with Crippen molar-refractivity contribution in [2.45, 2.75) is 45.1 Å². The molecule has 0 aliphatic heterocycles. The van der Waals surface area contributed by atoms with Crippen LogP contribution in [-0.2, 0) is 9.59 Å². The van der Waals surface area contributed by atoms with E-state index >= 15 is 0 Å². The van der Waals surface area contributed by atoms with Gasteiger partial charge in [-0.15, -0.1) is 0 Å². The molecule has 0 heterocycles. The molecule has 1 saturated carbocycles. The molecule has 1 amide bonds. The van der Waals surface area contributed by atoms with E-state index in [0.717, 1.165) is 48.4 Å². The van der Waals surface area contributed by atoms with Gasteiger partial charge in [-0.05, 0) is 42.0 Å². The maximum absolute atomic E-state index is 12.7. The lowest BCUT2D eigenvalue weighted by Gasteiger charge is -2.28. The minimum absolute atomic E-state index is 0.0500. The SMILES string of the molecule is CC(NC(=O)C(C(=O)O)C1CCCCC1)c1cccc2ccccc12. The number of nitrogens with one attached hydrogen (secondary N) is 1. The third kappa shape index (κ3) is 3.84. The van der Waals surface area contributed by atoms with Crippen LogP contribution in [0.25, 0.3) is 10.8 Å². The maximum Gasteiger partial charge on any atom is 0.316 e. The molecule has 2 unspecified atom stereocenters. The molecule has 25 heavy (non-hydrogen) atoms. The van der Waals surface area contributed by atoms with Gasteiger partial charge >= 0.3 is 5.97 Å². The predicted molar refractivity (Wildman–Crippen MR) is 98.2 cm³/mol. The van der Waals surface area contributed by atoms with Crippen LogP contribution in [-0.4, -0.2) is 17.0 Å². The summed E-state index contributed by atoms with van der Waals surface area (Å²) in [7, 11) is 0. The van der Waals surface area contributed by atoms with Crippen LogP contribution < -0.4 is 5.32 Å². The van der Waals surface area contributed by atoms with E-state index in [4.69, 9.17) is 0 Å². The van der Waals surface area contributed by atoms with Crippen molar-refractivity contribution in [1.29, 1.82) is 0 Å². The number of rotatable bonds is 5. The van der Waals surface area contributed by atoms with Crippen LogP contribution in [0.3, 0.4) is 0 Å². The highest BCUT2D eigenvalue weighted by molar-refractivity contribution is 5.97. The highest BCUT2D eigenvalue weighted by Gasteiger charge is 2.36. The van der Waals surface area contributed by atoms with Crippen molar-refractivity contribution >= 4 is 22.6 Å². The predicted octanol–water partition coefficient (Wildman–Crippen LogP) is 4.30. The second-order valence-corrected chi connectivity index (χ2v) is 7.01. The van der Waals surface area contributed by atoms with Crippen molar-refractivity contribution in [3.63, 3.8) is 0 Å². The van der Waals surface area contributed by atoms with Gasteiger partial charge in [0.2, 0.25) is 5.91 Å². The van der Waals surface area contributed by atoms with Crippen LogP contribution in [0.15, 0.2) is 42.5 Å². The third-order valence-electron chi connectivity index (χ3n) is 5.32. The second-order valence-electron chi connectivity index (χ2n) is 7.01. The summed E-state index contributed by atoms with van der Waals surface area (Å²) in [5.74, 6) is -2.36. The molecule has 0 spiro atoms. The number of benzene rings is 2. The maximum atomic E-state index is 12.7. The van der Waals surface area contributed by atoms with Gasteiger partial charge in [0.1, 0.15) is 5.92 Å². The molecule has 1 aliphatic carbocycles. The Morgan fingerprint density at radius 3 is 2.44 bits per heavy atom. The second kappa shape index (κ2) is 7.68. The number of hydrogen-bond acceptors (Lipinski definition) is 2. The number of carbonyl (C=O) groups is 2. The van der Waals surface area contributed by atoms with Crippen molar-refractivity contribution in [1.82, 2.24) is 5.32 Å². The van der Waals surface area contributed by atoms with Crippen molar-refractivity contribution < 1.29 is 14.7 Å². The highest BCUT2D eigenvalue weighted by atomic mass is 16.4. The fourth-order valence-electron chi connectivity index (χ4n) is 4.00. The molecule has 1 fully saturated rings. The van der Waals surface area contributed by atoms with Crippen LogP contribution in [0.1, 0.15) is 50.6 Å². The van der Waals surface area contributed by atoms with E-state index in [1.165, 1.54) is 0 Å². The van der Waals surface area contributed by atoms with E-state index in [1.54, 1.807) is 0 Å². The number of amides is 1. The average molecular weight is 339 g/mol. The molecule has 132 valence electrons. The number of hydrogen-bond donors (Lipinski definition) is 2. The number of aliphatic carboxylic acids is 1. The summed E-state index contributed by atoms with van der Waals surface area (Å²) < 4.78 is 0. The van der Waals surface area contributed by atoms with Crippen LogP contribution in [0.2, 0.25) is 0 Å². The molecule has 2 aromatic carbocycles. The quantitative estimate of drug-likeness (QED) is 0.798. The summed E-state index contributed by atoms with van der Waals surface area (Å²) >= 11 is 0. The Hall–Kier alpha value is -2.36. The van der Waals surface area contributed by atoms with Crippen LogP contribution >= 0.6 is 0 Å². The van der Waals surface area contributed by atoms with Gasteiger partial charge in [0.05, 0.1) is 6.04 Å². The van der Waals surface area contributed by atoms with Gasteiger partial charge in [-0.2, -0.15) is 0 Å². The van der Waals surface area contributed by atoms with Gasteiger partial charge in [-0.25, -0.2) is 0 Å². The van der Waals surface area contributed by atoms with E-state index in [0.29, 0.717) is 0 Å². The standard InChI is InChI=1S/C21H25NO3/c1-14(17-13-7-11-15-8-5-6-12-18(15)17)22-20(23)19(21(24)25)16-9-3-2-4-10-16/h5-8,11-14,16,19H,2-4,9-10H2,1H3,(H,22,23)(H,24,25). The molecule has 3 rings (SSSR count). The molecule has 2 atom stereocenters. The van der Waals surface area contributed by atoms with Gasteiger partial charge in [0, 0.05) is 0 Å². The summed E-state index contributed by atoms with van der Waals surface area (Å²) in [5.41, 5.74) is 1.01. The first-order chi connectivity index (χ1) is 12.1. The molecule has 0 radical (unpaired) electrons. The lowest BCUT2D eigenvalue weighted by molar-refractivity contribution is -0.150. The molecule has 1 aliphatic rings. The van der Waals surface area contributed by atoms with E-state index in [-0.39, 0.29) is 17.9 Å². The summed E-state index contributed by atoms with van der Waals surface area (Å²) in [6.45, 7) is 1.92. The molecule has 4 heteroatoms. The summed E-state index contributed by atoms with van der Waals surface area (Å²) in [5, 5.41) is 14.7. The molecule has 0 bridgehead atoms. The molecular weight excluding hydrogens is 314 g/mol. The largest absolute Gasteiger partial charge is 0.481 e. The Labute approximate surface area is 148 Å². The summed E-state index contributed by atoms with van der Waals surface area (Å²) in [6, 6.07) is 13.8. The summed E-state index contributed by atoms with van der Waals surface area (Å²) in [6.07, 6.45) is 4.82. The first-order valence-corrected chi connectivity index (χ1v) is 9.09. The normalized spacial score (nSPS) is 17.8. The fourth-order valence-corrected chi connectivity index (χ4v) is 4.00. The monoisotopic (exact) mass is 339 g/mol. The zero-order valence-electron chi connectivity index (χ0n) is 14.6. The third-order valence-corrected chi connectivity index (χ3v) is 5.32. The Morgan fingerprint density at radius 1 is 1.04 bits per heavy atom. The van der Waals surface area contributed by atoms with Gasteiger partial charge in [0.15, 0.2) is 0 Å². The minimum Gasteiger partial charge on any atom is -0.481 e. The zero-order chi connectivity index (χ0) is 17.8. The Balaban J connectivity index is 1.79. The Kier molecular flexibility index (Phi) is 5.37. The smallest absolute Gasteiger partial charge is 0.316 e. The van der Waals surface area contributed by atoms with Gasteiger partial charge < -0.3 is 10.4 Å². The number of carboxylic acid groups (broad SMARTS) is 1. The fraction of sp³-hybridized carbons (Fsp3) is 0.429. The van der Waals surface area contributed by atoms with Gasteiger partial charge in [-0.1, -0.05) is 61.7 Å². The zero-order valence-corrected chi connectivity index (χ0v) is 14.6. The Morgan fingerprint density at radius 2 is 1.72 bits per heavy atom. The van der Waals surface area contributed by atoms with Crippen LogP contribution in [0.4, 0.5) is 0 Å². The van der Waals surface area contributed by atoms with E-state index in [2.05, 4.69) is 5.32 Å². The van der Waals surface area contributed by atoms with E-state index < -0.39 is 11.9 Å². The van der Waals surface area contributed by atoms with Crippen molar-refractivity contribution in [2.75, 3.05) is 0 Å². The van der Waals surface area contributed by atoms with Gasteiger partial charge in [0.25, 0.3) is 0 Å². The highest BCUT2D eigenvalue weighted by Crippen LogP contribution is 2.31. The van der Waals surface area contributed by atoms with Crippen molar-refractivity contribution in [3.05, 3.63) is 48.0 Å².